The van der Waals surface area contributed by atoms with Gasteiger partial charge in [-0.2, -0.15) is 5.10 Å². The molecular weight excluding hydrogens is 565 g/mol. The Balaban J connectivity index is 1.58. The summed E-state index contributed by atoms with van der Waals surface area (Å²) in [5, 5.41) is 6.90. The first-order valence-electron chi connectivity index (χ1n) is 11.5. The lowest BCUT2D eigenvalue weighted by Crippen LogP contribution is -2.34. The van der Waals surface area contributed by atoms with E-state index in [0.29, 0.717) is 27.8 Å². The molecule has 0 unspecified atom stereocenters. The van der Waals surface area contributed by atoms with Crippen molar-refractivity contribution in [3.63, 3.8) is 0 Å². The maximum atomic E-state index is 12.5. The van der Waals surface area contributed by atoms with Gasteiger partial charge in [-0.15, -0.1) is 0 Å². The number of nitrogens with one attached hydrogen (secondary N) is 2. The van der Waals surface area contributed by atoms with E-state index < -0.39 is 17.8 Å². The highest BCUT2D eigenvalue weighted by atomic mass is 35.5. The molecule has 11 nitrogen and oxygen atoms in total. The summed E-state index contributed by atoms with van der Waals surface area (Å²) >= 11 is 11.8. The van der Waals surface area contributed by atoms with Crippen molar-refractivity contribution in [2.24, 2.45) is 5.10 Å². The van der Waals surface area contributed by atoms with Crippen molar-refractivity contribution in [3.05, 3.63) is 75.3 Å². The van der Waals surface area contributed by atoms with Gasteiger partial charge in [0.1, 0.15) is 0 Å². The molecule has 0 aromatic heterocycles. The van der Waals surface area contributed by atoms with Crippen molar-refractivity contribution < 1.29 is 38.1 Å². The molecule has 3 rings (SSSR count). The normalized spacial score (nSPS) is 10.6. The van der Waals surface area contributed by atoms with Crippen LogP contribution in [0.5, 0.6) is 28.7 Å². The van der Waals surface area contributed by atoms with Gasteiger partial charge in [-0.25, -0.2) is 10.2 Å². The lowest BCUT2D eigenvalue weighted by atomic mass is 10.1. The zero-order valence-corrected chi connectivity index (χ0v) is 23.4. The number of nitrogens with zero attached hydrogens (tertiary/aromatic N) is 1. The molecule has 0 bridgehead atoms. The molecule has 2 N–H and O–H groups in total. The Kier molecular flexibility index (Phi) is 10.6. The number of carbonyl (C=O) groups excluding carboxylic acids is 3. The van der Waals surface area contributed by atoms with Crippen LogP contribution in [0.1, 0.15) is 26.3 Å². The Morgan fingerprint density at radius 2 is 1.45 bits per heavy atom. The van der Waals surface area contributed by atoms with Crippen LogP contribution in [0, 0.1) is 0 Å². The third kappa shape index (κ3) is 7.55. The number of carbonyl (C=O) groups is 3. The van der Waals surface area contributed by atoms with Crippen LogP contribution in [-0.2, 0) is 4.79 Å². The van der Waals surface area contributed by atoms with Crippen LogP contribution in [0.15, 0.2) is 53.6 Å². The molecule has 0 aliphatic heterocycles. The van der Waals surface area contributed by atoms with E-state index in [9.17, 15) is 14.4 Å². The van der Waals surface area contributed by atoms with Gasteiger partial charge in [0.05, 0.1) is 56.8 Å². The van der Waals surface area contributed by atoms with Gasteiger partial charge >= 0.3 is 5.97 Å². The number of rotatable bonds is 11. The van der Waals surface area contributed by atoms with Gasteiger partial charge < -0.3 is 29.0 Å². The number of benzene rings is 3. The van der Waals surface area contributed by atoms with Gasteiger partial charge in [0.2, 0.25) is 5.75 Å². The van der Waals surface area contributed by atoms with E-state index in [1.165, 1.54) is 71.1 Å². The minimum Gasteiger partial charge on any atom is -0.493 e. The average Bonchev–Trinajstić information content (AvgIpc) is 2.96. The summed E-state index contributed by atoms with van der Waals surface area (Å²) in [6, 6.07) is 12.0. The fraction of sp³-hybridized carbons (Fsp3) is 0.185. The fourth-order valence-electron chi connectivity index (χ4n) is 3.32. The number of hydrazone groups is 1. The third-order valence-electron chi connectivity index (χ3n) is 5.28. The number of hydrogen-bond donors (Lipinski definition) is 2. The highest BCUT2D eigenvalue weighted by Crippen LogP contribution is 2.38. The first-order chi connectivity index (χ1) is 19.2. The van der Waals surface area contributed by atoms with Gasteiger partial charge in [-0.3, -0.25) is 9.59 Å². The van der Waals surface area contributed by atoms with E-state index in [-0.39, 0.29) is 34.2 Å². The molecular formula is C27H25Cl2N3O8. The minimum atomic E-state index is -0.654. The largest absolute Gasteiger partial charge is 0.493 e. The first kappa shape index (κ1) is 30.1. The lowest BCUT2D eigenvalue weighted by molar-refractivity contribution is -0.120. The predicted molar refractivity (Wildman–Crippen MR) is 149 cm³/mol. The Hall–Kier alpha value is -4.48. The van der Waals surface area contributed by atoms with Crippen molar-refractivity contribution in [3.8, 4) is 28.7 Å². The van der Waals surface area contributed by atoms with Crippen molar-refractivity contribution in [1.82, 2.24) is 10.7 Å². The van der Waals surface area contributed by atoms with Crippen LogP contribution in [0.2, 0.25) is 10.0 Å². The Labute approximate surface area is 239 Å². The molecule has 0 atom stereocenters. The molecule has 0 radical (unpaired) electrons. The van der Waals surface area contributed by atoms with E-state index in [1.807, 2.05) is 0 Å². The highest BCUT2D eigenvalue weighted by Gasteiger charge is 2.18. The van der Waals surface area contributed by atoms with Crippen LogP contribution in [0.3, 0.4) is 0 Å². The molecule has 0 saturated heterocycles. The molecule has 13 heteroatoms. The number of amides is 2. The Morgan fingerprint density at radius 1 is 0.775 bits per heavy atom. The van der Waals surface area contributed by atoms with E-state index in [1.54, 1.807) is 12.1 Å². The molecule has 210 valence electrons. The number of halogens is 2. The molecule has 2 amide bonds. The molecule has 3 aromatic carbocycles. The highest BCUT2D eigenvalue weighted by molar-refractivity contribution is 6.42. The van der Waals surface area contributed by atoms with E-state index in [4.69, 9.17) is 46.9 Å². The summed E-state index contributed by atoms with van der Waals surface area (Å²) < 4.78 is 26.4. The van der Waals surface area contributed by atoms with Crippen molar-refractivity contribution >= 4 is 47.2 Å². The second-order valence-corrected chi connectivity index (χ2v) is 8.63. The molecule has 40 heavy (non-hydrogen) atoms. The van der Waals surface area contributed by atoms with Crippen LogP contribution in [0.25, 0.3) is 0 Å². The Bertz CT molecular complexity index is 1420. The summed E-state index contributed by atoms with van der Waals surface area (Å²) in [4.78, 5) is 37.2. The zero-order chi connectivity index (χ0) is 29.2. The van der Waals surface area contributed by atoms with Crippen LogP contribution in [-0.4, -0.2) is 59.0 Å². The summed E-state index contributed by atoms with van der Waals surface area (Å²) in [5.41, 5.74) is 3.27. The topological polar surface area (TPSA) is 134 Å². The Morgan fingerprint density at radius 3 is 2.05 bits per heavy atom. The SMILES string of the molecule is COc1cc(/C=N/NC(=O)CNC(=O)c2cc(OC)c(OC)c(OC)c2)ccc1OC(=O)c1ccc(Cl)c(Cl)c1. The van der Waals surface area contributed by atoms with E-state index >= 15 is 0 Å². The third-order valence-corrected chi connectivity index (χ3v) is 6.02. The van der Waals surface area contributed by atoms with Gasteiger partial charge in [-0.1, -0.05) is 23.2 Å². The summed E-state index contributed by atoms with van der Waals surface area (Å²) in [7, 11) is 5.71. The van der Waals surface area contributed by atoms with Crippen LogP contribution >= 0.6 is 23.2 Å². The number of esters is 1. The van der Waals surface area contributed by atoms with Gasteiger partial charge in [0, 0.05) is 5.56 Å². The van der Waals surface area contributed by atoms with Gasteiger partial charge in [-0.05, 0) is 54.1 Å². The molecule has 0 aliphatic carbocycles. The van der Waals surface area contributed by atoms with E-state index in [0.717, 1.165) is 0 Å². The predicted octanol–water partition coefficient (Wildman–Crippen LogP) is 4.13. The van der Waals surface area contributed by atoms with Crippen molar-refractivity contribution in [2.75, 3.05) is 35.0 Å². The maximum Gasteiger partial charge on any atom is 0.343 e. The molecule has 0 heterocycles. The van der Waals surface area contributed by atoms with Crippen LogP contribution in [0.4, 0.5) is 0 Å². The number of hydrogen-bond acceptors (Lipinski definition) is 9. The van der Waals surface area contributed by atoms with Crippen molar-refractivity contribution in [1.29, 1.82) is 0 Å². The second-order valence-electron chi connectivity index (χ2n) is 7.82. The lowest BCUT2D eigenvalue weighted by Gasteiger charge is -2.14. The first-order valence-corrected chi connectivity index (χ1v) is 12.2. The molecule has 0 fully saturated rings. The average molecular weight is 590 g/mol. The summed E-state index contributed by atoms with van der Waals surface area (Å²) in [6.45, 7) is -0.347. The van der Waals surface area contributed by atoms with Gasteiger partial charge in [0.15, 0.2) is 23.0 Å². The molecule has 3 aromatic rings. The summed E-state index contributed by atoms with van der Waals surface area (Å²) in [5.74, 6) is -0.416. The zero-order valence-electron chi connectivity index (χ0n) is 21.9. The minimum absolute atomic E-state index is 0.161. The quantitative estimate of drug-likeness (QED) is 0.148. The second kappa shape index (κ2) is 14.1. The standard InChI is InChI=1S/C27H25Cl2N3O8/c1-36-21-9-15(5-8-20(21)40-27(35)16-6-7-18(28)19(29)10-16)13-31-32-24(33)14-30-26(34)17-11-22(37-2)25(39-4)23(12-17)38-3/h5-13H,14H2,1-4H3,(H,30,34)(H,32,33)/b31-13+. The van der Waals surface area contributed by atoms with Gasteiger partial charge in [0.25, 0.3) is 11.8 Å². The van der Waals surface area contributed by atoms with Crippen molar-refractivity contribution in [2.45, 2.75) is 0 Å². The molecule has 0 saturated carbocycles. The maximum absolute atomic E-state index is 12.5. The number of ether oxygens (including phenoxy) is 5. The summed E-state index contributed by atoms with van der Waals surface area (Å²) in [6.07, 6.45) is 1.35. The van der Waals surface area contributed by atoms with Crippen LogP contribution < -0.4 is 34.4 Å². The monoisotopic (exact) mass is 589 g/mol. The molecule has 0 spiro atoms. The van der Waals surface area contributed by atoms with E-state index in [2.05, 4.69) is 15.8 Å². The molecule has 0 aliphatic rings. The smallest absolute Gasteiger partial charge is 0.343 e. The fourth-order valence-corrected chi connectivity index (χ4v) is 3.62. The number of methoxy groups -OCH3 is 4.